The molecule has 1 atom stereocenters. The van der Waals surface area contributed by atoms with Gasteiger partial charge >= 0.3 is 5.97 Å². The number of fused-ring (bicyclic) bond motifs is 3. The Balaban J connectivity index is 2.18. The molecule has 1 aliphatic heterocycles. The van der Waals surface area contributed by atoms with Crippen LogP contribution in [0.4, 0.5) is 0 Å². The van der Waals surface area contributed by atoms with E-state index >= 15 is 0 Å². The minimum absolute atomic E-state index is 0.00127. The number of para-hydroxylation sites is 1. The molecule has 2 N–H and O–H groups in total. The van der Waals surface area contributed by atoms with E-state index in [0.717, 1.165) is 24.1 Å². The highest BCUT2D eigenvalue weighted by Gasteiger charge is 2.41. The molecular weight excluding hydrogens is 282 g/mol. The van der Waals surface area contributed by atoms with E-state index in [0.29, 0.717) is 13.0 Å². The van der Waals surface area contributed by atoms with Gasteiger partial charge in [-0.15, -0.1) is 0 Å². The maximum atomic E-state index is 11.6. The van der Waals surface area contributed by atoms with E-state index in [2.05, 4.69) is 35.0 Å². The predicted molar refractivity (Wildman–Crippen MR) is 82.6 cm³/mol. The smallest absolute Gasteiger partial charge is 0.345 e. The maximum absolute atomic E-state index is 11.6. The molecule has 0 amide bonds. The van der Waals surface area contributed by atoms with Crippen molar-refractivity contribution in [3.8, 4) is 0 Å². The molecule has 1 aromatic heterocycles. The Morgan fingerprint density at radius 2 is 2.27 bits per heavy atom. The minimum Gasteiger partial charge on any atom is -0.368 e. The monoisotopic (exact) mass is 303 g/mol. The molecule has 2 heterocycles. The topological polar surface area (TPSA) is 71.6 Å². The van der Waals surface area contributed by atoms with Gasteiger partial charge in [-0.25, -0.2) is 4.79 Å². The molecule has 0 saturated heterocycles. The van der Waals surface area contributed by atoms with E-state index in [-0.39, 0.29) is 6.42 Å². The molecule has 0 fully saturated rings. The third-order valence-corrected chi connectivity index (χ3v) is 4.70. The van der Waals surface area contributed by atoms with Crippen molar-refractivity contribution in [1.82, 2.24) is 4.98 Å². The second-order valence-electron chi connectivity index (χ2n) is 5.76. The molecule has 0 bridgehead atoms. The van der Waals surface area contributed by atoms with Crippen LogP contribution >= 0.6 is 0 Å². The highest BCUT2D eigenvalue weighted by molar-refractivity contribution is 5.88. The van der Waals surface area contributed by atoms with E-state index in [1.165, 1.54) is 16.5 Å². The van der Waals surface area contributed by atoms with Crippen LogP contribution in [0.25, 0.3) is 10.9 Å². The second-order valence-corrected chi connectivity index (χ2v) is 5.76. The number of carbonyl (C=O) groups excluding carboxylic acids is 1. The summed E-state index contributed by atoms with van der Waals surface area (Å²) in [6.45, 7) is 4.66. The Morgan fingerprint density at radius 1 is 1.45 bits per heavy atom. The first-order valence-electron chi connectivity index (χ1n) is 7.76. The molecule has 0 radical (unpaired) electrons. The molecule has 2 aromatic rings. The lowest BCUT2D eigenvalue weighted by atomic mass is 9.86. The summed E-state index contributed by atoms with van der Waals surface area (Å²) >= 11 is 0. The highest BCUT2D eigenvalue weighted by atomic mass is 17.1. The van der Waals surface area contributed by atoms with Crippen molar-refractivity contribution in [2.24, 2.45) is 0 Å². The summed E-state index contributed by atoms with van der Waals surface area (Å²) in [4.78, 5) is 19.0. The Bertz CT molecular complexity index is 706. The van der Waals surface area contributed by atoms with Crippen LogP contribution in [0.3, 0.4) is 0 Å². The number of benzene rings is 1. The number of aromatic amines is 1. The number of hydrogen-bond donors (Lipinski definition) is 2. The molecular formula is C17H21NO4. The van der Waals surface area contributed by atoms with Gasteiger partial charge in [0, 0.05) is 10.9 Å². The zero-order chi connectivity index (χ0) is 15.7. The van der Waals surface area contributed by atoms with Gasteiger partial charge in [-0.2, -0.15) is 5.26 Å². The molecule has 1 unspecified atom stereocenters. The SMILES string of the molecule is CCc1cccc2c3c([nH]c12)C(CC)(CC(=O)OO)OCC3. The summed E-state index contributed by atoms with van der Waals surface area (Å²) in [5.41, 5.74) is 3.78. The maximum Gasteiger partial charge on any atom is 0.345 e. The Hall–Kier alpha value is -1.85. The van der Waals surface area contributed by atoms with Crippen molar-refractivity contribution < 1.29 is 19.7 Å². The van der Waals surface area contributed by atoms with Gasteiger partial charge in [-0.05, 0) is 30.4 Å². The molecule has 118 valence electrons. The zero-order valence-electron chi connectivity index (χ0n) is 12.9. The van der Waals surface area contributed by atoms with Crippen LogP contribution in [-0.4, -0.2) is 22.8 Å². The van der Waals surface area contributed by atoms with Crippen LogP contribution in [0.1, 0.15) is 43.5 Å². The molecule has 0 spiro atoms. The molecule has 1 aliphatic rings. The minimum atomic E-state index is -0.753. The predicted octanol–water partition coefficient (Wildman–Crippen LogP) is 3.31. The zero-order valence-corrected chi connectivity index (χ0v) is 12.9. The fraction of sp³-hybridized carbons (Fsp3) is 0.471. The third kappa shape index (κ3) is 2.21. The summed E-state index contributed by atoms with van der Waals surface area (Å²) in [6, 6.07) is 6.29. The number of aryl methyl sites for hydroxylation is 1. The van der Waals surface area contributed by atoms with Crippen molar-refractivity contribution in [3.63, 3.8) is 0 Å². The van der Waals surface area contributed by atoms with E-state index in [1.54, 1.807) is 0 Å². The van der Waals surface area contributed by atoms with Gasteiger partial charge < -0.3 is 14.6 Å². The van der Waals surface area contributed by atoms with E-state index in [1.807, 2.05) is 6.92 Å². The highest BCUT2D eigenvalue weighted by Crippen LogP contribution is 2.42. The van der Waals surface area contributed by atoms with Crippen LogP contribution in [0.2, 0.25) is 0 Å². The number of aromatic nitrogens is 1. The molecule has 22 heavy (non-hydrogen) atoms. The van der Waals surface area contributed by atoms with Gasteiger partial charge in [0.25, 0.3) is 0 Å². The number of nitrogens with one attached hydrogen (secondary N) is 1. The van der Waals surface area contributed by atoms with Crippen LogP contribution in [0.15, 0.2) is 18.2 Å². The van der Waals surface area contributed by atoms with Crippen LogP contribution < -0.4 is 0 Å². The first-order chi connectivity index (χ1) is 10.6. The van der Waals surface area contributed by atoms with Gasteiger partial charge in [-0.3, -0.25) is 0 Å². The van der Waals surface area contributed by atoms with Crippen molar-refractivity contribution in [3.05, 3.63) is 35.0 Å². The largest absolute Gasteiger partial charge is 0.368 e. The molecule has 5 heteroatoms. The molecule has 0 saturated carbocycles. The standard InChI is InChI=1S/C17H21NO4/c1-3-11-6-5-7-12-13-8-9-21-17(4-2,10-14(19)22-20)16(13)18-15(11)12/h5-7,18,20H,3-4,8-10H2,1-2H3. The Kier molecular flexibility index (Phi) is 3.93. The van der Waals surface area contributed by atoms with Gasteiger partial charge in [-0.1, -0.05) is 32.0 Å². The summed E-state index contributed by atoms with van der Waals surface area (Å²) in [6.07, 6.45) is 2.39. The van der Waals surface area contributed by atoms with Gasteiger partial charge in [0.2, 0.25) is 0 Å². The van der Waals surface area contributed by atoms with Crippen molar-refractivity contribution in [2.45, 2.75) is 45.1 Å². The summed E-state index contributed by atoms with van der Waals surface area (Å²) in [7, 11) is 0. The van der Waals surface area contributed by atoms with Crippen molar-refractivity contribution in [1.29, 1.82) is 0 Å². The fourth-order valence-corrected chi connectivity index (χ4v) is 3.51. The number of carbonyl (C=O) groups is 1. The normalized spacial score (nSPS) is 20.9. The second kappa shape index (κ2) is 5.74. The number of H-pyrrole nitrogens is 1. The molecule has 0 aliphatic carbocycles. The average Bonchev–Trinajstić information content (AvgIpc) is 2.94. The number of ether oxygens (including phenoxy) is 1. The van der Waals surface area contributed by atoms with Crippen LogP contribution in [0.5, 0.6) is 0 Å². The van der Waals surface area contributed by atoms with Crippen LogP contribution in [0, 0.1) is 0 Å². The lowest BCUT2D eigenvalue weighted by Gasteiger charge is -2.35. The first kappa shape index (κ1) is 15.1. The summed E-state index contributed by atoms with van der Waals surface area (Å²) < 4.78 is 5.97. The summed E-state index contributed by atoms with van der Waals surface area (Å²) in [5, 5.41) is 9.83. The lowest BCUT2D eigenvalue weighted by Crippen LogP contribution is -2.37. The van der Waals surface area contributed by atoms with Gasteiger partial charge in [0.15, 0.2) is 0 Å². The first-order valence-corrected chi connectivity index (χ1v) is 7.76. The molecule has 1 aromatic carbocycles. The van der Waals surface area contributed by atoms with E-state index in [9.17, 15) is 4.79 Å². The molecule has 5 nitrogen and oxygen atoms in total. The number of rotatable bonds is 4. The van der Waals surface area contributed by atoms with Crippen molar-refractivity contribution in [2.75, 3.05) is 6.61 Å². The van der Waals surface area contributed by atoms with Gasteiger partial charge in [0.05, 0.1) is 18.7 Å². The quantitative estimate of drug-likeness (QED) is 0.671. The van der Waals surface area contributed by atoms with E-state index < -0.39 is 11.6 Å². The third-order valence-electron chi connectivity index (χ3n) is 4.70. The number of hydrogen-bond acceptors (Lipinski definition) is 4. The lowest BCUT2D eigenvalue weighted by molar-refractivity contribution is -0.240. The Labute approximate surface area is 129 Å². The van der Waals surface area contributed by atoms with Crippen LogP contribution in [-0.2, 0) is 32.9 Å². The fourth-order valence-electron chi connectivity index (χ4n) is 3.51. The average molecular weight is 303 g/mol. The van der Waals surface area contributed by atoms with Crippen molar-refractivity contribution >= 4 is 16.9 Å². The van der Waals surface area contributed by atoms with E-state index in [4.69, 9.17) is 9.99 Å². The Morgan fingerprint density at radius 3 is 2.95 bits per heavy atom. The molecule has 3 rings (SSSR count). The summed E-state index contributed by atoms with van der Waals surface area (Å²) in [5.74, 6) is -0.677. The van der Waals surface area contributed by atoms with Gasteiger partial charge in [0.1, 0.15) is 5.60 Å².